The van der Waals surface area contributed by atoms with E-state index >= 15 is 0 Å². The molecule has 0 amide bonds. The lowest BCUT2D eigenvalue weighted by Gasteiger charge is -2.39. The van der Waals surface area contributed by atoms with E-state index in [0.29, 0.717) is 15.1 Å². The SMILES string of the molecule is CC1(C)C[C@H]2C[C@@](C)(CN2S(=O)(=O)c2ccc(Cl)s2)C1. The van der Waals surface area contributed by atoms with E-state index in [1.165, 1.54) is 0 Å². The average molecular weight is 334 g/mol. The summed E-state index contributed by atoms with van der Waals surface area (Å²) in [5.41, 5.74) is 0.329. The van der Waals surface area contributed by atoms with E-state index in [1.54, 1.807) is 16.4 Å². The van der Waals surface area contributed by atoms with Crippen molar-refractivity contribution in [2.24, 2.45) is 10.8 Å². The van der Waals surface area contributed by atoms with Gasteiger partial charge in [-0.25, -0.2) is 8.42 Å². The van der Waals surface area contributed by atoms with Gasteiger partial charge < -0.3 is 0 Å². The molecule has 0 N–H and O–H groups in total. The lowest BCUT2D eigenvalue weighted by Crippen LogP contribution is -2.37. The lowest BCUT2D eigenvalue weighted by atomic mass is 9.65. The summed E-state index contributed by atoms with van der Waals surface area (Å²) in [6, 6.07) is 3.42. The third-order valence-corrected chi connectivity index (χ3v) is 8.08. The van der Waals surface area contributed by atoms with Gasteiger partial charge >= 0.3 is 0 Å². The highest BCUT2D eigenvalue weighted by Gasteiger charge is 2.53. The van der Waals surface area contributed by atoms with Gasteiger partial charge in [-0.15, -0.1) is 11.3 Å². The van der Waals surface area contributed by atoms with Crippen molar-refractivity contribution in [3.8, 4) is 0 Å². The molecule has 1 aliphatic carbocycles. The van der Waals surface area contributed by atoms with Gasteiger partial charge in [-0.2, -0.15) is 4.31 Å². The second kappa shape index (κ2) is 4.45. The number of rotatable bonds is 2. The molecule has 1 saturated heterocycles. The van der Waals surface area contributed by atoms with Gasteiger partial charge in [0.25, 0.3) is 10.0 Å². The summed E-state index contributed by atoms with van der Waals surface area (Å²) in [5.74, 6) is 0. The first-order valence-corrected chi connectivity index (χ1v) is 9.52. The Morgan fingerprint density at radius 1 is 1.30 bits per heavy atom. The molecule has 3 nitrogen and oxygen atoms in total. The molecular weight excluding hydrogens is 314 g/mol. The third kappa shape index (κ3) is 2.43. The molecule has 1 saturated carbocycles. The zero-order valence-corrected chi connectivity index (χ0v) is 14.4. The van der Waals surface area contributed by atoms with Gasteiger partial charge in [-0.05, 0) is 42.2 Å². The van der Waals surface area contributed by atoms with Crippen LogP contribution in [-0.4, -0.2) is 25.3 Å². The Hall–Kier alpha value is -0.100. The van der Waals surface area contributed by atoms with E-state index in [9.17, 15) is 8.42 Å². The molecule has 1 aromatic rings. The number of sulfonamides is 1. The maximum Gasteiger partial charge on any atom is 0.252 e. The molecule has 0 spiro atoms. The summed E-state index contributed by atoms with van der Waals surface area (Å²) < 4.78 is 28.3. The second-order valence-electron chi connectivity index (χ2n) is 7.32. The number of nitrogens with zero attached hydrogens (tertiary/aromatic N) is 1. The lowest BCUT2D eigenvalue weighted by molar-refractivity contribution is 0.133. The fourth-order valence-corrected chi connectivity index (χ4v) is 7.63. The summed E-state index contributed by atoms with van der Waals surface area (Å²) in [6.45, 7) is 7.35. The van der Waals surface area contributed by atoms with Crippen LogP contribution in [-0.2, 0) is 10.0 Å². The molecule has 6 heteroatoms. The molecule has 3 rings (SSSR count). The number of hydrogen-bond donors (Lipinski definition) is 0. The van der Waals surface area contributed by atoms with E-state index in [0.717, 1.165) is 30.6 Å². The van der Waals surface area contributed by atoms with Crippen LogP contribution in [0.15, 0.2) is 16.3 Å². The quantitative estimate of drug-likeness (QED) is 0.820. The van der Waals surface area contributed by atoms with Gasteiger partial charge in [-0.3, -0.25) is 0 Å². The summed E-state index contributed by atoms with van der Waals surface area (Å²) in [7, 11) is -3.39. The molecule has 2 bridgehead atoms. The highest BCUT2D eigenvalue weighted by atomic mass is 35.5. The van der Waals surface area contributed by atoms with Crippen LogP contribution in [0.5, 0.6) is 0 Å². The summed E-state index contributed by atoms with van der Waals surface area (Å²) >= 11 is 7.04. The average Bonchev–Trinajstić information content (AvgIpc) is 2.79. The van der Waals surface area contributed by atoms with E-state index in [1.807, 2.05) is 0 Å². The van der Waals surface area contributed by atoms with Gasteiger partial charge in [0.1, 0.15) is 4.21 Å². The van der Waals surface area contributed by atoms with Crippen LogP contribution in [0.4, 0.5) is 0 Å². The standard InChI is InChI=1S/C14H20ClNO2S2/c1-13(2)6-10-7-14(3,8-13)9-16(10)20(17,18)12-5-4-11(15)19-12/h4-5,10H,6-9H2,1-3H3/t10-,14+/m0/s1. The normalized spacial score (nSPS) is 33.5. The Morgan fingerprint density at radius 2 is 2.00 bits per heavy atom. The van der Waals surface area contributed by atoms with Crippen LogP contribution < -0.4 is 0 Å². The first kappa shape index (κ1) is 14.8. The molecule has 1 aromatic heterocycles. The van der Waals surface area contributed by atoms with Gasteiger partial charge in [0.05, 0.1) is 4.34 Å². The molecular formula is C14H20ClNO2S2. The summed E-state index contributed by atoms with van der Waals surface area (Å²) in [6.07, 6.45) is 3.02. The minimum atomic E-state index is -3.39. The fraction of sp³-hybridized carbons (Fsp3) is 0.714. The Kier molecular flexibility index (Phi) is 3.30. The minimum absolute atomic E-state index is 0.112. The van der Waals surface area contributed by atoms with Crippen LogP contribution in [0, 0.1) is 10.8 Å². The number of thiophene rings is 1. The van der Waals surface area contributed by atoms with Crippen molar-refractivity contribution >= 4 is 33.0 Å². The largest absolute Gasteiger partial charge is 0.252 e. The first-order chi connectivity index (χ1) is 9.11. The molecule has 2 fully saturated rings. The smallest absolute Gasteiger partial charge is 0.206 e. The van der Waals surface area contributed by atoms with Crippen molar-refractivity contribution in [3.63, 3.8) is 0 Å². The van der Waals surface area contributed by atoms with Crippen LogP contribution in [0.2, 0.25) is 4.34 Å². The van der Waals surface area contributed by atoms with Crippen molar-refractivity contribution in [2.45, 2.75) is 50.3 Å². The predicted octanol–water partition coefficient (Wildman–Crippen LogP) is 3.99. The molecule has 112 valence electrons. The molecule has 2 heterocycles. The van der Waals surface area contributed by atoms with E-state index in [4.69, 9.17) is 11.6 Å². The maximum atomic E-state index is 12.8. The van der Waals surface area contributed by atoms with Crippen LogP contribution in [0.3, 0.4) is 0 Å². The Balaban J connectivity index is 1.96. The minimum Gasteiger partial charge on any atom is -0.206 e. The van der Waals surface area contributed by atoms with Crippen molar-refractivity contribution in [3.05, 3.63) is 16.5 Å². The summed E-state index contributed by atoms with van der Waals surface area (Å²) in [5, 5.41) is 0. The van der Waals surface area contributed by atoms with Crippen LogP contribution in [0.25, 0.3) is 0 Å². The predicted molar refractivity (Wildman–Crippen MR) is 82.7 cm³/mol. The topological polar surface area (TPSA) is 37.4 Å². The molecule has 1 aliphatic heterocycles. The van der Waals surface area contributed by atoms with Crippen molar-refractivity contribution in [2.75, 3.05) is 6.54 Å². The van der Waals surface area contributed by atoms with Gasteiger partial charge in [0, 0.05) is 12.6 Å². The van der Waals surface area contributed by atoms with E-state index < -0.39 is 10.0 Å². The van der Waals surface area contributed by atoms with Crippen LogP contribution in [0.1, 0.15) is 40.0 Å². The van der Waals surface area contributed by atoms with Gasteiger partial charge in [0.15, 0.2) is 0 Å². The number of hydrogen-bond acceptors (Lipinski definition) is 3. The van der Waals surface area contributed by atoms with Crippen molar-refractivity contribution in [1.82, 2.24) is 4.31 Å². The highest BCUT2D eigenvalue weighted by molar-refractivity contribution is 7.91. The third-order valence-electron chi connectivity index (χ3n) is 4.48. The van der Waals surface area contributed by atoms with Gasteiger partial charge in [0.2, 0.25) is 0 Å². The first-order valence-electron chi connectivity index (χ1n) is 6.89. The highest BCUT2D eigenvalue weighted by Crippen LogP contribution is 2.53. The Labute approximate surface area is 130 Å². The Bertz CT molecular complexity index is 637. The molecule has 2 atom stereocenters. The zero-order valence-electron chi connectivity index (χ0n) is 12.0. The van der Waals surface area contributed by atoms with E-state index in [2.05, 4.69) is 20.8 Å². The fourth-order valence-electron chi connectivity index (χ4n) is 4.24. The summed E-state index contributed by atoms with van der Waals surface area (Å²) in [4.78, 5) is 0. The van der Waals surface area contributed by atoms with Gasteiger partial charge in [-0.1, -0.05) is 32.4 Å². The Morgan fingerprint density at radius 3 is 2.60 bits per heavy atom. The monoisotopic (exact) mass is 333 g/mol. The molecule has 0 unspecified atom stereocenters. The number of fused-ring (bicyclic) bond motifs is 2. The van der Waals surface area contributed by atoms with E-state index in [-0.39, 0.29) is 16.9 Å². The zero-order chi connectivity index (χ0) is 14.8. The molecule has 2 aliphatic rings. The second-order valence-corrected chi connectivity index (χ2v) is 11.2. The molecule has 20 heavy (non-hydrogen) atoms. The van der Waals surface area contributed by atoms with Crippen LogP contribution >= 0.6 is 22.9 Å². The maximum absolute atomic E-state index is 12.8. The molecule has 0 aromatic carbocycles. The number of halogens is 1. The van der Waals surface area contributed by atoms with Crippen molar-refractivity contribution < 1.29 is 8.42 Å². The van der Waals surface area contributed by atoms with Crippen molar-refractivity contribution in [1.29, 1.82) is 0 Å². The molecule has 0 radical (unpaired) electrons.